The van der Waals surface area contributed by atoms with Crippen molar-refractivity contribution in [2.45, 2.75) is 32.3 Å². The highest BCUT2D eigenvalue weighted by Gasteiger charge is 2.10. The van der Waals surface area contributed by atoms with E-state index in [2.05, 4.69) is 9.47 Å². The number of halogens is 2. The molecule has 0 unspecified atom stereocenters. The molecule has 0 saturated carbocycles. The van der Waals surface area contributed by atoms with Crippen LogP contribution in [0, 0.1) is 0 Å². The van der Waals surface area contributed by atoms with E-state index in [4.69, 9.17) is 0 Å². The van der Waals surface area contributed by atoms with E-state index in [0.29, 0.717) is 18.4 Å². The third kappa shape index (κ3) is 5.77. The third-order valence-corrected chi connectivity index (χ3v) is 2.64. The minimum absolute atomic E-state index is 0.0413. The summed E-state index contributed by atoms with van der Waals surface area (Å²) in [4.78, 5) is 22.7. The van der Waals surface area contributed by atoms with Crippen molar-refractivity contribution >= 4 is 11.8 Å². The topological polar surface area (TPSA) is 52.6 Å². The molecule has 0 aromatic heterocycles. The molecule has 1 rings (SSSR count). The average Bonchev–Trinajstić information content (AvgIpc) is 2.42. The van der Waals surface area contributed by atoms with Gasteiger partial charge in [-0.1, -0.05) is 12.1 Å². The van der Waals surface area contributed by atoms with E-state index >= 15 is 0 Å². The molecule has 4 nitrogen and oxygen atoms in total. The maximum atomic E-state index is 12.1. The summed E-state index contributed by atoms with van der Waals surface area (Å²) in [7, 11) is 1.31. The van der Waals surface area contributed by atoms with Crippen LogP contribution < -0.4 is 4.74 Å². The Labute approximate surface area is 115 Å². The predicted molar refractivity (Wildman–Crippen MR) is 67.9 cm³/mol. The molecule has 0 N–H and O–H groups in total. The largest absolute Gasteiger partial charge is 0.469 e. The first-order valence-corrected chi connectivity index (χ1v) is 6.18. The standard InChI is InChI=1S/C14H16F2O4/c1-19-13(18)8-3-2-7-12(17)10-5-4-6-11(9-10)20-14(15)16/h4-6,9,14H,2-3,7-8H2,1H3. The van der Waals surface area contributed by atoms with E-state index in [-0.39, 0.29) is 30.3 Å². The smallest absolute Gasteiger partial charge is 0.387 e. The molecule has 0 aliphatic heterocycles. The quantitative estimate of drug-likeness (QED) is 0.418. The Balaban J connectivity index is 2.45. The van der Waals surface area contributed by atoms with E-state index in [0.717, 1.165) is 0 Å². The van der Waals surface area contributed by atoms with Crippen LogP contribution in [-0.4, -0.2) is 25.5 Å². The summed E-state index contributed by atoms with van der Waals surface area (Å²) >= 11 is 0. The van der Waals surface area contributed by atoms with Gasteiger partial charge in [0.2, 0.25) is 0 Å². The Kier molecular flexibility index (Phi) is 6.63. The minimum Gasteiger partial charge on any atom is -0.469 e. The molecule has 0 aliphatic carbocycles. The molecule has 0 heterocycles. The van der Waals surface area contributed by atoms with Gasteiger partial charge in [0.05, 0.1) is 7.11 Å². The van der Waals surface area contributed by atoms with Crippen molar-refractivity contribution in [1.29, 1.82) is 0 Å². The van der Waals surface area contributed by atoms with Crippen LogP contribution in [0.1, 0.15) is 36.0 Å². The fraction of sp³-hybridized carbons (Fsp3) is 0.429. The molecule has 1 aromatic carbocycles. The fourth-order valence-electron chi connectivity index (χ4n) is 1.65. The van der Waals surface area contributed by atoms with Crippen molar-refractivity contribution in [3.05, 3.63) is 29.8 Å². The Bertz CT molecular complexity index is 460. The van der Waals surface area contributed by atoms with Crippen LogP contribution in [0.3, 0.4) is 0 Å². The molecule has 0 atom stereocenters. The monoisotopic (exact) mass is 286 g/mol. The molecule has 0 radical (unpaired) electrons. The number of benzene rings is 1. The number of methoxy groups -OCH3 is 1. The number of Topliss-reactive ketones (excluding diaryl/α,β-unsaturated/α-hetero) is 1. The maximum Gasteiger partial charge on any atom is 0.387 e. The maximum absolute atomic E-state index is 12.1. The van der Waals surface area contributed by atoms with E-state index in [1.807, 2.05) is 0 Å². The van der Waals surface area contributed by atoms with Gasteiger partial charge in [0.15, 0.2) is 5.78 Å². The normalized spacial score (nSPS) is 10.4. The van der Waals surface area contributed by atoms with Gasteiger partial charge < -0.3 is 9.47 Å². The van der Waals surface area contributed by atoms with Crippen molar-refractivity contribution in [3.8, 4) is 5.75 Å². The van der Waals surface area contributed by atoms with Crippen molar-refractivity contribution in [3.63, 3.8) is 0 Å². The zero-order valence-corrected chi connectivity index (χ0v) is 11.1. The van der Waals surface area contributed by atoms with Crippen molar-refractivity contribution < 1.29 is 27.8 Å². The molecule has 0 aliphatic rings. The number of ether oxygens (including phenoxy) is 2. The highest BCUT2D eigenvalue weighted by Crippen LogP contribution is 2.18. The summed E-state index contributed by atoms with van der Waals surface area (Å²) in [5.41, 5.74) is 0.321. The van der Waals surface area contributed by atoms with Crippen LogP contribution in [0.4, 0.5) is 8.78 Å². The number of rotatable bonds is 8. The Morgan fingerprint density at radius 1 is 1.20 bits per heavy atom. The molecule has 0 spiro atoms. The summed E-state index contributed by atoms with van der Waals surface area (Å²) in [6, 6.07) is 5.68. The molecule has 20 heavy (non-hydrogen) atoms. The van der Waals surface area contributed by atoms with Crippen LogP contribution in [0.15, 0.2) is 24.3 Å². The van der Waals surface area contributed by atoms with E-state index in [9.17, 15) is 18.4 Å². The molecule has 1 aromatic rings. The highest BCUT2D eigenvalue weighted by atomic mass is 19.3. The number of alkyl halides is 2. The van der Waals surface area contributed by atoms with E-state index < -0.39 is 6.61 Å². The van der Waals surface area contributed by atoms with Gasteiger partial charge in [-0.25, -0.2) is 0 Å². The SMILES string of the molecule is COC(=O)CCCCC(=O)c1cccc(OC(F)F)c1. The van der Waals surface area contributed by atoms with E-state index in [1.54, 1.807) is 6.07 Å². The van der Waals surface area contributed by atoms with Gasteiger partial charge in [-0.2, -0.15) is 8.78 Å². The third-order valence-electron chi connectivity index (χ3n) is 2.64. The first-order valence-electron chi connectivity index (χ1n) is 6.18. The number of carbonyl (C=O) groups is 2. The van der Waals surface area contributed by atoms with Gasteiger partial charge in [-0.3, -0.25) is 9.59 Å². The second kappa shape index (κ2) is 8.24. The Morgan fingerprint density at radius 3 is 2.55 bits per heavy atom. The molecule has 6 heteroatoms. The second-order valence-corrected chi connectivity index (χ2v) is 4.11. The van der Waals surface area contributed by atoms with Crippen molar-refractivity contribution in [2.75, 3.05) is 7.11 Å². The molecular formula is C14H16F2O4. The lowest BCUT2D eigenvalue weighted by Crippen LogP contribution is -2.04. The minimum atomic E-state index is -2.92. The van der Waals surface area contributed by atoms with Crippen LogP contribution in [0.5, 0.6) is 5.75 Å². The number of hydrogen-bond acceptors (Lipinski definition) is 4. The summed E-state index contributed by atoms with van der Waals surface area (Å²) in [6.45, 7) is -2.92. The first kappa shape index (κ1) is 16.1. The Hall–Kier alpha value is -1.98. The molecule has 0 amide bonds. The van der Waals surface area contributed by atoms with Crippen LogP contribution >= 0.6 is 0 Å². The number of esters is 1. The summed E-state index contributed by atoms with van der Waals surface area (Å²) in [6.07, 6.45) is 1.59. The van der Waals surface area contributed by atoms with Crippen molar-refractivity contribution in [1.82, 2.24) is 0 Å². The summed E-state index contributed by atoms with van der Waals surface area (Å²) in [5, 5.41) is 0. The zero-order chi connectivity index (χ0) is 15.0. The lowest BCUT2D eigenvalue weighted by Gasteiger charge is -2.06. The lowest BCUT2D eigenvalue weighted by molar-refractivity contribution is -0.140. The van der Waals surface area contributed by atoms with Gasteiger partial charge >= 0.3 is 12.6 Å². The van der Waals surface area contributed by atoms with E-state index in [1.165, 1.54) is 25.3 Å². The molecule has 0 saturated heterocycles. The van der Waals surface area contributed by atoms with Gasteiger partial charge in [-0.15, -0.1) is 0 Å². The molecule has 0 fully saturated rings. The lowest BCUT2D eigenvalue weighted by atomic mass is 10.0. The van der Waals surface area contributed by atoms with Crippen LogP contribution in [0.2, 0.25) is 0 Å². The summed E-state index contributed by atoms with van der Waals surface area (Å²) < 4.78 is 32.8. The number of carbonyl (C=O) groups excluding carboxylic acids is 2. The molecule has 110 valence electrons. The van der Waals surface area contributed by atoms with Crippen molar-refractivity contribution in [2.24, 2.45) is 0 Å². The first-order chi connectivity index (χ1) is 9.52. The molecule has 0 bridgehead atoms. The zero-order valence-electron chi connectivity index (χ0n) is 11.1. The average molecular weight is 286 g/mol. The highest BCUT2D eigenvalue weighted by molar-refractivity contribution is 5.96. The number of unbranched alkanes of at least 4 members (excludes halogenated alkanes) is 1. The van der Waals surface area contributed by atoms with Gasteiger partial charge in [0.1, 0.15) is 5.75 Å². The Morgan fingerprint density at radius 2 is 1.90 bits per heavy atom. The van der Waals surface area contributed by atoms with Gasteiger partial charge in [0, 0.05) is 18.4 Å². The summed E-state index contributed by atoms with van der Waals surface area (Å²) in [5.74, 6) is -0.528. The van der Waals surface area contributed by atoms with Gasteiger partial charge in [-0.05, 0) is 25.0 Å². The van der Waals surface area contributed by atoms with Crippen LogP contribution in [-0.2, 0) is 9.53 Å². The van der Waals surface area contributed by atoms with Gasteiger partial charge in [0.25, 0.3) is 0 Å². The predicted octanol–water partition coefficient (Wildman–Crippen LogP) is 3.20. The number of hydrogen-bond donors (Lipinski definition) is 0. The fourth-order valence-corrected chi connectivity index (χ4v) is 1.65. The second-order valence-electron chi connectivity index (χ2n) is 4.11. The number of ketones is 1. The van der Waals surface area contributed by atoms with Crippen LogP contribution in [0.25, 0.3) is 0 Å². The molecular weight excluding hydrogens is 270 g/mol.